The van der Waals surface area contributed by atoms with Gasteiger partial charge in [-0.15, -0.1) is 0 Å². The maximum absolute atomic E-state index is 5.88. The van der Waals surface area contributed by atoms with Crippen LogP contribution in [0.5, 0.6) is 5.75 Å². The Morgan fingerprint density at radius 3 is 2.62 bits per heavy atom. The molecule has 2 atom stereocenters. The van der Waals surface area contributed by atoms with E-state index in [2.05, 4.69) is 44.2 Å². The smallest absolute Gasteiger partial charge is 0.194 e. The number of pyridine rings is 1. The predicted octanol–water partition coefficient (Wildman–Crippen LogP) is 5.67. The lowest BCUT2D eigenvalue weighted by atomic mass is 10.0. The van der Waals surface area contributed by atoms with Gasteiger partial charge in [0.15, 0.2) is 10.2 Å². The number of methoxy groups -OCH3 is 1. The Morgan fingerprint density at radius 1 is 0.971 bits per heavy atom. The summed E-state index contributed by atoms with van der Waals surface area (Å²) in [6, 6.07) is 26.0. The highest BCUT2D eigenvalue weighted by Crippen LogP contribution is 2.45. The third-order valence-corrected chi connectivity index (χ3v) is 7.37. The number of fused-ring (bicyclic) bond motifs is 1. The maximum atomic E-state index is 5.88. The van der Waals surface area contributed by atoms with Gasteiger partial charge in [0.2, 0.25) is 0 Å². The first-order chi connectivity index (χ1) is 16.7. The first kappa shape index (κ1) is 20.8. The molecule has 4 heterocycles. The van der Waals surface area contributed by atoms with Crippen molar-refractivity contribution in [2.24, 2.45) is 0 Å². The number of benzene rings is 2. The predicted molar refractivity (Wildman–Crippen MR) is 140 cm³/mol. The molecule has 0 bridgehead atoms. The van der Waals surface area contributed by atoms with Crippen LogP contribution in [0, 0.1) is 0 Å². The number of anilines is 1. The van der Waals surface area contributed by atoms with Gasteiger partial charge >= 0.3 is 0 Å². The minimum absolute atomic E-state index is 0.151. The van der Waals surface area contributed by atoms with E-state index in [9.17, 15) is 0 Å². The zero-order valence-corrected chi connectivity index (χ0v) is 20.0. The lowest BCUT2D eigenvalue weighted by Gasteiger charge is -2.29. The molecule has 5 aromatic rings. The second-order valence-electron chi connectivity index (χ2n) is 7.94. The molecule has 1 aliphatic heterocycles. The fourth-order valence-electron chi connectivity index (χ4n) is 4.52. The number of ether oxygens (including phenoxy) is 1. The van der Waals surface area contributed by atoms with E-state index in [1.807, 2.05) is 66.9 Å². The highest BCUT2D eigenvalue weighted by molar-refractivity contribution is 7.80. The molecule has 34 heavy (non-hydrogen) atoms. The van der Waals surface area contributed by atoms with Crippen LogP contribution in [0.3, 0.4) is 0 Å². The molecule has 0 amide bonds. The first-order valence-corrected chi connectivity index (χ1v) is 12.1. The number of nitrogens with one attached hydrogen (secondary N) is 1. The Kier molecular flexibility index (Phi) is 5.24. The van der Waals surface area contributed by atoms with Crippen molar-refractivity contribution >= 4 is 44.6 Å². The van der Waals surface area contributed by atoms with Crippen molar-refractivity contribution in [1.29, 1.82) is 0 Å². The fraction of sp³-hybridized carbons (Fsp3) is 0.115. The van der Waals surface area contributed by atoms with Crippen LogP contribution < -0.4 is 15.0 Å². The Labute approximate surface area is 206 Å². The summed E-state index contributed by atoms with van der Waals surface area (Å²) in [6.45, 7) is 0. The molecule has 0 radical (unpaired) electrons. The quantitative estimate of drug-likeness (QED) is 0.325. The number of aromatic nitrogens is 3. The summed E-state index contributed by atoms with van der Waals surface area (Å²) in [6.07, 6.45) is 3.87. The number of nitrogens with zero attached hydrogens (tertiary/aromatic N) is 4. The minimum atomic E-state index is -0.166. The zero-order chi connectivity index (χ0) is 23.1. The van der Waals surface area contributed by atoms with Gasteiger partial charge in [0.1, 0.15) is 11.8 Å². The first-order valence-electron chi connectivity index (χ1n) is 10.9. The summed E-state index contributed by atoms with van der Waals surface area (Å²) in [5.41, 5.74) is 3.88. The highest BCUT2D eigenvalue weighted by Gasteiger charge is 2.43. The molecule has 1 aliphatic rings. The van der Waals surface area contributed by atoms with E-state index in [1.54, 1.807) is 18.4 Å². The summed E-state index contributed by atoms with van der Waals surface area (Å²) >= 11 is 7.55. The van der Waals surface area contributed by atoms with Crippen LogP contribution in [0.1, 0.15) is 23.5 Å². The molecule has 6 nitrogen and oxygen atoms in total. The molecule has 0 saturated carbocycles. The maximum Gasteiger partial charge on any atom is 0.194 e. The van der Waals surface area contributed by atoms with E-state index in [0.29, 0.717) is 5.11 Å². The van der Waals surface area contributed by atoms with Crippen LogP contribution in [0.25, 0.3) is 15.3 Å². The van der Waals surface area contributed by atoms with E-state index >= 15 is 0 Å². The summed E-state index contributed by atoms with van der Waals surface area (Å²) in [7, 11) is 1.68. The highest BCUT2D eigenvalue weighted by atomic mass is 32.1. The van der Waals surface area contributed by atoms with Gasteiger partial charge in [0.05, 0.1) is 40.4 Å². The molecule has 3 aromatic heterocycles. The van der Waals surface area contributed by atoms with Crippen molar-refractivity contribution in [3.63, 3.8) is 0 Å². The summed E-state index contributed by atoms with van der Waals surface area (Å²) < 4.78 is 9.01. The molecule has 1 saturated heterocycles. The molecule has 0 unspecified atom stereocenters. The van der Waals surface area contributed by atoms with Crippen molar-refractivity contribution in [2.45, 2.75) is 12.1 Å². The molecule has 2 aromatic carbocycles. The van der Waals surface area contributed by atoms with Crippen LogP contribution in [0.15, 0.2) is 91.3 Å². The largest absolute Gasteiger partial charge is 0.495 e. The Hall–Kier alpha value is -3.75. The van der Waals surface area contributed by atoms with E-state index < -0.39 is 0 Å². The van der Waals surface area contributed by atoms with Crippen LogP contribution in [-0.4, -0.2) is 26.8 Å². The third-order valence-electron chi connectivity index (χ3n) is 6.01. The van der Waals surface area contributed by atoms with Gasteiger partial charge in [-0.3, -0.25) is 9.55 Å². The topological polar surface area (TPSA) is 55.2 Å². The molecule has 1 N–H and O–H groups in total. The molecule has 168 valence electrons. The van der Waals surface area contributed by atoms with E-state index in [0.717, 1.165) is 38.2 Å². The summed E-state index contributed by atoms with van der Waals surface area (Å²) in [5, 5.41) is 5.07. The van der Waals surface area contributed by atoms with Gasteiger partial charge < -0.3 is 15.0 Å². The second-order valence-corrected chi connectivity index (χ2v) is 9.33. The number of thiocarbonyl (C=S) groups is 1. The van der Waals surface area contributed by atoms with E-state index in [-0.39, 0.29) is 12.1 Å². The van der Waals surface area contributed by atoms with Gasteiger partial charge in [-0.2, -0.15) is 0 Å². The SMILES string of the molecule is COc1ccccc1N1C(=S)N[C@@H](c2ccccn2)[C@H]1c1cccn1-c1nc2ccccc2s1. The Morgan fingerprint density at radius 2 is 1.79 bits per heavy atom. The molecule has 6 rings (SSSR count). The van der Waals surface area contributed by atoms with Crippen LogP contribution in [0.4, 0.5) is 5.69 Å². The van der Waals surface area contributed by atoms with Crippen LogP contribution in [-0.2, 0) is 0 Å². The lowest BCUT2D eigenvalue weighted by Crippen LogP contribution is -2.30. The molecule has 0 spiro atoms. The number of hydrogen-bond acceptors (Lipinski definition) is 5. The third kappa shape index (κ3) is 3.43. The van der Waals surface area contributed by atoms with Crippen LogP contribution in [0.2, 0.25) is 0 Å². The van der Waals surface area contributed by atoms with Crippen LogP contribution >= 0.6 is 23.6 Å². The van der Waals surface area contributed by atoms with E-state index in [4.69, 9.17) is 21.9 Å². The Balaban J connectivity index is 1.53. The zero-order valence-electron chi connectivity index (χ0n) is 18.3. The fourth-order valence-corrected chi connectivity index (χ4v) is 5.83. The standard InChI is InChI=1S/C26H21N5OS2/c1-32-21-13-4-3-11-19(21)31-24(23(29-25(31)33)18-10-6-7-15-27-18)20-12-8-16-30(20)26-28-17-9-2-5-14-22(17)34-26/h2-16,23-24H,1H3,(H,29,33)/t23-,24+/m0/s1. The van der Waals surface area contributed by atoms with Crippen molar-refractivity contribution < 1.29 is 4.74 Å². The number of para-hydroxylation sites is 3. The molecule has 1 fully saturated rings. The number of hydrogen-bond donors (Lipinski definition) is 1. The lowest BCUT2D eigenvalue weighted by molar-refractivity contribution is 0.414. The molecule has 8 heteroatoms. The molecular weight excluding hydrogens is 462 g/mol. The second kappa shape index (κ2) is 8.55. The summed E-state index contributed by atoms with van der Waals surface area (Å²) in [4.78, 5) is 11.7. The van der Waals surface area contributed by atoms with Gasteiger partial charge in [0.25, 0.3) is 0 Å². The normalized spacial score (nSPS) is 17.8. The monoisotopic (exact) mass is 483 g/mol. The summed E-state index contributed by atoms with van der Waals surface area (Å²) in [5.74, 6) is 0.761. The molecular formula is C26H21N5OS2. The van der Waals surface area contributed by atoms with Gasteiger partial charge in [-0.1, -0.05) is 41.7 Å². The van der Waals surface area contributed by atoms with Gasteiger partial charge in [0, 0.05) is 12.4 Å². The Bertz CT molecular complexity index is 1450. The van der Waals surface area contributed by atoms with Crippen molar-refractivity contribution in [2.75, 3.05) is 12.0 Å². The van der Waals surface area contributed by atoms with Crippen molar-refractivity contribution in [3.8, 4) is 10.9 Å². The average molecular weight is 484 g/mol. The number of rotatable bonds is 5. The van der Waals surface area contributed by atoms with Crippen molar-refractivity contribution in [3.05, 3.63) is 103 Å². The van der Waals surface area contributed by atoms with Gasteiger partial charge in [-0.05, 0) is 60.7 Å². The van der Waals surface area contributed by atoms with E-state index in [1.165, 1.54) is 0 Å². The molecule has 0 aliphatic carbocycles. The number of thiazole rings is 1. The van der Waals surface area contributed by atoms with Gasteiger partial charge in [-0.25, -0.2) is 4.98 Å². The minimum Gasteiger partial charge on any atom is -0.495 e. The van der Waals surface area contributed by atoms with Crippen molar-refractivity contribution in [1.82, 2.24) is 19.9 Å². The average Bonchev–Trinajstić information content (AvgIpc) is 3.60.